The lowest BCUT2D eigenvalue weighted by Crippen LogP contribution is -2.27. The minimum absolute atomic E-state index is 0.0615. The van der Waals surface area contributed by atoms with Gasteiger partial charge in [-0.25, -0.2) is 0 Å². The van der Waals surface area contributed by atoms with Gasteiger partial charge in [0.25, 0.3) is 0 Å². The number of benzene rings is 9. The number of fused-ring (bicyclic) bond motifs is 5. The second-order valence-electron chi connectivity index (χ2n) is 17.7. The molecular weight excluding hydrogens is 739 g/mol. The molecule has 1 aliphatic heterocycles. The van der Waals surface area contributed by atoms with Crippen LogP contribution in [0.25, 0.3) is 44.2 Å². The maximum Gasteiger partial charge on any atom is 0.139 e. The van der Waals surface area contributed by atoms with Gasteiger partial charge < -0.3 is 9.64 Å². The number of anilines is 3. The van der Waals surface area contributed by atoms with Crippen molar-refractivity contribution >= 4 is 27.8 Å². The molecule has 2 heteroatoms. The molecule has 2 nitrogen and oxygen atoms in total. The molecular formula is C59H47NO. The summed E-state index contributed by atoms with van der Waals surface area (Å²) in [6.07, 6.45) is 0.939. The van der Waals surface area contributed by atoms with Crippen LogP contribution < -0.4 is 9.64 Å². The Kier molecular flexibility index (Phi) is 8.61. The Morgan fingerprint density at radius 3 is 1.61 bits per heavy atom. The number of hydrogen-bond acceptors (Lipinski definition) is 2. The molecule has 9 aromatic rings. The van der Waals surface area contributed by atoms with E-state index in [0.717, 1.165) is 46.1 Å². The Morgan fingerprint density at radius 1 is 0.393 bits per heavy atom. The van der Waals surface area contributed by atoms with Gasteiger partial charge >= 0.3 is 0 Å². The molecule has 0 atom stereocenters. The summed E-state index contributed by atoms with van der Waals surface area (Å²) in [5.41, 5.74) is 18.3. The minimum atomic E-state index is -0.179. The average Bonchev–Trinajstić information content (AvgIpc) is 3.30. The molecule has 0 spiro atoms. The molecule has 0 N–H and O–H groups in total. The first-order valence-corrected chi connectivity index (χ1v) is 21.5. The van der Waals surface area contributed by atoms with E-state index in [1.54, 1.807) is 0 Å². The first kappa shape index (κ1) is 36.9. The molecule has 0 amide bonds. The van der Waals surface area contributed by atoms with Crippen molar-refractivity contribution in [3.63, 3.8) is 0 Å². The summed E-state index contributed by atoms with van der Waals surface area (Å²) in [7, 11) is 0. The first-order valence-electron chi connectivity index (χ1n) is 21.5. The second kappa shape index (κ2) is 14.2. The molecule has 1 aliphatic carbocycles. The van der Waals surface area contributed by atoms with Crippen LogP contribution in [0, 0.1) is 0 Å². The molecule has 0 fully saturated rings. The number of ether oxygens (including phenoxy) is 1. The smallest absolute Gasteiger partial charge is 0.139 e. The van der Waals surface area contributed by atoms with Crippen LogP contribution in [0.3, 0.4) is 0 Å². The fourth-order valence-corrected chi connectivity index (χ4v) is 10.1. The summed E-state index contributed by atoms with van der Waals surface area (Å²) in [5, 5.41) is 2.50. The van der Waals surface area contributed by atoms with E-state index < -0.39 is 0 Å². The molecule has 294 valence electrons. The first-order chi connectivity index (χ1) is 29.7. The molecule has 2 aliphatic rings. The summed E-state index contributed by atoms with van der Waals surface area (Å²) < 4.78 is 6.69. The lowest BCUT2D eigenvalue weighted by molar-refractivity contribution is 0.419. The van der Waals surface area contributed by atoms with E-state index in [0.29, 0.717) is 0 Å². The van der Waals surface area contributed by atoms with Gasteiger partial charge in [-0.1, -0.05) is 179 Å². The highest BCUT2D eigenvalue weighted by Crippen LogP contribution is 2.51. The van der Waals surface area contributed by atoms with E-state index >= 15 is 0 Å². The van der Waals surface area contributed by atoms with E-state index in [1.807, 2.05) is 0 Å². The Morgan fingerprint density at radius 2 is 0.902 bits per heavy atom. The van der Waals surface area contributed by atoms with Crippen molar-refractivity contribution < 1.29 is 4.74 Å². The van der Waals surface area contributed by atoms with Crippen molar-refractivity contribution in [3.8, 4) is 44.9 Å². The van der Waals surface area contributed by atoms with Crippen LogP contribution in [-0.4, -0.2) is 0 Å². The molecule has 61 heavy (non-hydrogen) atoms. The van der Waals surface area contributed by atoms with Crippen LogP contribution in [0.4, 0.5) is 17.1 Å². The van der Waals surface area contributed by atoms with Crippen LogP contribution in [0.1, 0.15) is 61.1 Å². The van der Waals surface area contributed by atoms with Gasteiger partial charge in [-0.15, -0.1) is 0 Å². The van der Waals surface area contributed by atoms with Crippen molar-refractivity contribution in [2.24, 2.45) is 0 Å². The molecule has 0 saturated carbocycles. The summed E-state index contributed by atoms with van der Waals surface area (Å²) in [5.74, 6) is 1.86. The van der Waals surface area contributed by atoms with Gasteiger partial charge in [0, 0.05) is 44.6 Å². The largest absolute Gasteiger partial charge is 0.456 e. The third kappa shape index (κ3) is 6.17. The number of hydrogen-bond donors (Lipinski definition) is 0. The van der Waals surface area contributed by atoms with Crippen LogP contribution in [0.15, 0.2) is 200 Å². The molecule has 0 aromatic heterocycles. The van der Waals surface area contributed by atoms with Crippen LogP contribution >= 0.6 is 0 Å². The molecule has 0 radical (unpaired) electrons. The Balaban J connectivity index is 0.977. The van der Waals surface area contributed by atoms with Gasteiger partial charge in [-0.3, -0.25) is 0 Å². The Bertz CT molecular complexity index is 2960. The van der Waals surface area contributed by atoms with Gasteiger partial charge in [0.1, 0.15) is 11.5 Å². The summed E-state index contributed by atoms with van der Waals surface area (Å²) in [4.78, 5) is 2.37. The third-order valence-corrected chi connectivity index (χ3v) is 13.4. The lowest BCUT2D eigenvalue weighted by Gasteiger charge is -2.36. The van der Waals surface area contributed by atoms with E-state index in [-0.39, 0.29) is 10.8 Å². The number of nitrogens with zero attached hydrogens (tertiary/aromatic N) is 1. The van der Waals surface area contributed by atoms with E-state index in [4.69, 9.17) is 4.74 Å². The maximum absolute atomic E-state index is 6.69. The van der Waals surface area contributed by atoms with Crippen molar-refractivity contribution in [1.82, 2.24) is 0 Å². The SMILES string of the molecule is CC1(C)c2ccccc2Cc2c(-c3ccc(N(c4ccc(-c5ccc6ccccc6c5)cc4)c4ccc(-c5cccc6c5Oc5ccccc5C6(C)C)cc4)cc3)cccc21. The topological polar surface area (TPSA) is 12.5 Å². The number of rotatable bonds is 6. The van der Waals surface area contributed by atoms with Crippen LogP contribution in [0.2, 0.25) is 0 Å². The normalized spacial score (nSPS) is 14.2. The molecule has 9 aromatic carbocycles. The van der Waals surface area contributed by atoms with Crippen LogP contribution in [0.5, 0.6) is 11.5 Å². The zero-order chi connectivity index (χ0) is 41.3. The fraction of sp³-hybridized carbons (Fsp3) is 0.119. The predicted octanol–water partition coefficient (Wildman–Crippen LogP) is 16.0. The van der Waals surface area contributed by atoms with Crippen molar-refractivity contribution in [2.75, 3.05) is 4.90 Å². The zero-order valence-corrected chi connectivity index (χ0v) is 35.1. The number of para-hydroxylation sites is 2. The fourth-order valence-electron chi connectivity index (χ4n) is 10.1. The van der Waals surface area contributed by atoms with Crippen molar-refractivity contribution in [3.05, 3.63) is 234 Å². The minimum Gasteiger partial charge on any atom is -0.456 e. The van der Waals surface area contributed by atoms with E-state index in [1.165, 1.54) is 66.4 Å². The quantitative estimate of drug-likeness (QED) is 0.166. The van der Waals surface area contributed by atoms with Crippen molar-refractivity contribution in [1.29, 1.82) is 0 Å². The predicted molar refractivity (Wildman–Crippen MR) is 255 cm³/mol. The van der Waals surface area contributed by atoms with Crippen LogP contribution in [-0.2, 0) is 17.3 Å². The molecule has 11 rings (SSSR count). The van der Waals surface area contributed by atoms with E-state index in [9.17, 15) is 0 Å². The zero-order valence-electron chi connectivity index (χ0n) is 35.1. The summed E-state index contributed by atoms with van der Waals surface area (Å²) in [6.45, 7) is 9.32. The summed E-state index contributed by atoms with van der Waals surface area (Å²) >= 11 is 0. The Hall–Kier alpha value is -7.16. The lowest BCUT2D eigenvalue weighted by atomic mass is 9.67. The van der Waals surface area contributed by atoms with Gasteiger partial charge in [-0.05, 0) is 116 Å². The standard InChI is InChI=1S/C59H47NO/c1-58(2)52-18-8-7-15-45(52)38-51-49(16-11-20-53(51)58)41-27-33-47(34-28-41)60(46-31-25-40(26-32-46)44-24-23-39-13-5-6-14-43(39)37-44)48-35-29-42(30-36-48)50-17-12-21-55-57(50)61-56-22-10-9-19-54(56)59(55,3)4/h5-37H,38H2,1-4H3. The highest BCUT2D eigenvalue weighted by molar-refractivity contribution is 5.88. The molecule has 0 saturated heterocycles. The third-order valence-electron chi connectivity index (χ3n) is 13.4. The monoisotopic (exact) mass is 785 g/mol. The average molecular weight is 786 g/mol. The summed E-state index contributed by atoms with van der Waals surface area (Å²) in [6, 6.07) is 73.2. The molecule has 1 heterocycles. The highest BCUT2D eigenvalue weighted by atomic mass is 16.5. The van der Waals surface area contributed by atoms with E-state index in [2.05, 4.69) is 233 Å². The molecule has 0 unspecified atom stereocenters. The second-order valence-corrected chi connectivity index (χ2v) is 17.7. The van der Waals surface area contributed by atoms with Crippen molar-refractivity contribution in [2.45, 2.75) is 44.9 Å². The highest BCUT2D eigenvalue weighted by Gasteiger charge is 2.36. The van der Waals surface area contributed by atoms with Gasteiger partial charge in [0.05, 0.1) is 0 Å². The molecule has 0 bridgehead atoms. The van der Waals surface area contributed by atoms with Gasteiger partial charge in [0.2, 0.25) is 0 Å². The maximum atomic E-state index is 6.69. The van der Waals surface area contributed by atoms with Gasteiger partial charge in [-0.2, -0.15) is 0 Å². The Labute approximate surface area is 359 Å². The van der Waals surface area contributed by atoms with Gasteiger partial charge in [0.15, 0.2) is 0 Å².